The van der Waals surface area contributed by atoms with Gasteiger partial charge in [0.25, 0.3) is 5.56 Å². The highest BCUT2D eigenvalue weighted by molar-refractivity contribution is 6.35. The topological polar surface area (TPSA) is 87.3 Å². The fourth-order valence-corrected chi connectivity index (χ4v) is 5.47. The molecular formula is C24H23Cl2FN4O3. The number of H-pyrrole nitrogens is 1. The largest absolute Gasteiger partial charge is 0.381 e. The molecule has 0 bridgehead atoms. The molecule has 2 aromatic carbocycles. The second-order valence-corrected chi connectivity index (χ2v) is 9.53. The summed E-state index contributed by atoms with van der Waals surface area (Å²) >= 11 is 12.5. The lowest BCUT2D eigenvalue weighted by Crippen LogP contribution is -2.42. The maximum atomic E-state index is 14.7. The molecule has 1 amide bonds. The fraction of sp³-hybridized carbons (Fsp3) is 0.375. The quantitative estimate of drug-likeness (QED) is 0.548. The highest BCUT2D eigenvalue weighted by Gasteiger charge is 2.29. The number of aromatic amines is 1. The van der Waals surface area contributed by atoms with Crippen LogP contribution in [0.1, 0.15) is 42.3 Å². The predicted octanol–water partition coefficient (Wildman–Crippen LogP) is 4.43. The van der Waals surface area contributed by atoms with Crippen LogP contribution in [0.25, 0.3) is 10.9 Å². The van der Waals surface area contributed by atoms with E-state index in [4.69, 9.17) is 27.9 Å². The number of nitrogens with one attached hydrogen (secondary N) is 2. The number of rotatable bonds is 4. The molecule has 5 rings (SSSR count). The summed E-state index contributed by atoms with van der Waals surface area (Å²) in [6, 6.07) is 5.94. The summed E-state index contributed by atoms with van der Waals surface area (Å²) in [5.41, 5.74) is 2.00. The number of halogens is 3. The summed E-state index contributed by atoms with van der Waals surface area (Å²) in [4.78, 5) is 34.5. The number of carbonyl (C=O) groups excluding carboxylic acids is 1. The Morgan fingerprint density at radius 1 is 1.32 bits per heavy atom. The first-order chi connectivity index (χ1) is 16.3. The van der Waals surface area contributed by atoms with Crippen LogP contribution in [0.5, 0.6) is 0 Å². The third kappa shape index (κ3) is 4.26. The van der Waals surface area contributed by atoms with E-state index >= 15 is 0 Å². The number of fused-ring (bicyclic) bond motifs is 2. The van der Waals surface area contributed by atoms with Gasteiger partial charge in [0.2, 0.25) is 5.91 Å². The number of nitrogens with zero attached hydrogens (tertiary/aromatic N) is 2. The molecule has 2 aliphatic rings. The van der Waals surface area contributed by atoms with Crippen LogP contribution in [0, 0.1) is 5.82 Å². The lowest BCUT2D eigenvalue weighted by atomic mass is 9.93. The van der Waals surface area contributed by atoms with E-state index in [2.05, 4.69) is 15.3 Å². The van der Waals surface area contributed by atoms with Crippen LogP contribution in [-0.2, 0) is 16.0 Å². The van der Waals surface area contributed by atoms with Crippen molar-refractivity contribution in [3.63, 3.8) is 0 Å². The van der Waals surface area contributed by atoms with Crippen molar-refractivity contribution < 1.29 is 13.9 Å². The number of ether oxygens (including phenoxy) is 1. The van der Waals surface area contributed by atoms with Crippen LogP contribution in [0.2, 0.25) is 10.0 Å². The Morgan fingerprint density at radius 2 is 2.15 bits per heavy atom. The van der Waals surface area contributed by atoms with Crippen molar-refractivity contribution in [2.45, 2.75) is 31.7 Å². The Morgan fingerprint density at radius 3 is 2.91 bits per heavy atom. The van der Waals surface area contributed by atoms with Gasteiger partial charge >= 0.3 is 0 Å². The molecule has 2 unspecified atom stereocenters. The van der Waals surface area contributed by atoms with Crippen LogP contribution < -0.4 is 10.9 Å². The molecule has 3 heterocycles. The van der Waals surface area contributed by atoms with E-state index in [1.807, 2.05) is 13.0 Å². The van der Waals surface area contributed by atoms with Gasteiger partial charge in [-0.2, -0.15) is 0 Å². The molecule has 2 atom stereocenters. The fourth-order valence-electron chi connectivity index (χ4n) is 4.77. The molecule has 0 saturated carbocycles. The molecule has 10 heteroatoms. The molecule has 0 aliphatic carbocycles. The highest BCUT2D eigenvalue weighted by Crippen LogP contribution is 2.37. The predicted molar refractivity (Wildman–Crippen MR) is 129 cm³/mol. The summed E-state index contributed by atoms with van der Waals surface area (Å²) < 4.78 is 20.1. The van der Waals surface area contributed by atoms with Crippen LogP contribution >= 0.6 is 23.2 Å². The van der Waals surface area contributed by atoms with E-state index in [0.717, 1.165) is 23.6 Å². The first-order valence-corrected chi connectivity index (χ1v) is 11.9. The van der Waals surface area contributed by atoms with Crippen LogP contribution in [0.4, 0.5) is 10.1 Å². The van der Waals surface area contributed by atoms with E-state index in [-0.39, 0.29) is 35.5 Å². The maximum absolute atomic E-state index is 14.7. The Bertz CT molecular complexity index is 1340. The number of carbonyl (C=O) groups is 1. The van der Waals surface area contributed by atoms with E-state index in [1.54, 1.807) is 11.0 Å². The summed E-state index contributed by atoms with van der Waals surface area (Å²) in [6.07, 6.45) is 1.40. The average molecular weight is 505 g/mol. The molecule has 1 aromatic heterocycles. The van der Waals surface area contributed by atoms with Crippen LogP contribution in [-0.4, -0.2) is 47.1 Å². The Balaban J connectivity index is 1.35. The number of hydrogen-bond acceptors (Lipinski definition) is 5. The number of benzene rings is 2. The highest BCUT2D eigenvalue weighted by atomic mass is 35.5. The third-order valence-electron chi connectivity index (χ3n) is 6.57. The molecule has 3 aromatic rings. The number of amides is 1. The molecule has 178 valence electrons. The van der Waals surface area contributed by atoms with Gasteiger partial charge in [0.05, 0.1) is 35.8 Å². The molecule has 34 heavy (non-hydrogen) atoms. The minimum atomic E-state index is -0.626. The number of aromatic nitrogens is 2. The molecule has 2 N–H and O–H groups in total. The van der Waals surface area contributed by atoms with E-state index in [1.165, 1.54) is 6.07 Å². The number of hydrogen-bond donors (Lipinski definition) is 2. The zero-order valence-electron chi connectivity index (χ0n) is 18.5. The summed E-state index contributed by atoms with van der Waals surface area (Å²) in [5, 5.41) is 4.14. The van der Waals surface area contributed by atoms with E-state index in [9.17, 15) is 14.0 Å². The van der Waals surface area contributed by atoms with E-state index < -0.39 is 11.4 Å². The third-order valence-corrected chi connectivity index (χ3v) is 7.10. The number of anilines is 1. The van der Waals surface area contributed by atoms with Gasteiger partial charge in [-0.3, -0.25) is 9.59 Å². The van der Waals surface area contributed by atoms with Gasteiger partial charge in [0.15, 0.2) is 0 Å². The minimum Gasteiger partial charge on any atom is -0.381 e. The normalized spacial score (nSPS) is 19.9. The Kier molecular flexibility index (Phi) is 6.22. The van der Waals surface area contributed by atoms with Gasteiger partial charge in [0.1, 0.15) is 11.6 Å². The van der Waals surface area contributed by atoms with E-state index in [0.29, 0.717) is 47.6 Å². The van der Waals surface area contributed by atoms with Crippen molar-refractivity contribution in [1.29, 1.82) is 0 Å². The molecule has 7 nitrogen and oxygen atoms in total. The van der Waals surface area contributed by atoms with Crippen molar-refractivity contribution in [2.24, 2.45) is 0 Å². The SMILES string of the molecule is CC1c2c(Cl)cc(Cl)cc2CCN1C(=O)CNc1cc2nc(C3CCOC3)[nH]c(=O)c2cc1F. The van der Waals surface area contributed by atoms with Gasteiger partial charge in [-0.25, -0.2) is 9.37 Å². The molecular weight excluding hydrogens is 482 g/mol. The molecule has 0 spiro atoms. The first-order valence-electron chi connectivity index (χ1n) is 11.1. The summed E-state index contributed by atoms with van der Waals surface area (Å²) in [5.74, 6) is -0.280. The molecule has 1 fully saturated rings. The zero-order chi connectivity index (χ0) is 24.0. The second-order valence-electron chi connectivity index (χ2n) is 8.69. The van der Waals surface area contributed by atoms with Crippen molar-refractivity contribution >= 4 is 45.7 Å². The average Bonchev–Trinajstić information content (AvgIpc) is 3.33. The maximum Gasteiger partial charge on any atom is 0.258 e. The van der Waals surface area contributed by atoms with Gasteiger partial charge in [0, 0.05) is 29.1 Å². The van der Waals surface area contributed by atoms with Crippen molar-refractivity contribution in [1.82, 2.24) is 14.9 Å². The second kappa shape index (κ2) is 9.17. The standard InChI is InChI=1S/C24H23Cl2FN4O3/c1-12-22-13(6-15(25)7-17(22)26)2-4-31(12)21(32)10-28-20-9-19-16(8-18(20)27)24(33)30-23(29-19)14-3-5-34-11-14/h6-9,12,14,28H,2-5,10-11H2,1H3,(H,29,30,33). The van der Waals surface area contributed by atoms with Crippen LogP contribution in [0.15, 0.2) is 29.1 Å². The lowest BCUT2D eigenvalue weighted by molar-refractivity contribution is -0.131. The lowest BCUT2D eigenvalue weighted by Gasteiger charge is -2.36. The van der Waals surface area contributed by atoms with Gasteiger partial charge in [-0.15, -0.1) is 0 Å². The first kappa shape index (κ1) is 23.1. The molecule has 1 saturated heterocycles. The molecule has 2 aliphatic heterocycles. The Hall–Kier alpha value is -2.68. The van der Waals surface area contributed by atoms with Crippen LogP contribution in [0.3, 0.4) is 0 Å². The van der Waals surface area contributed by atoms with Crippen molar-refractivity contribution in [2.75, 3.05) is 31.6 Å². The Labute approximate surface area is 205 Å². The van der Waals surface area contributed by atoms with Gasteiger partial charge in [-0.05, 0) is 55.2 Å². The summed E-state index contributed by atoms with van der Waals surface area (Å²) in [7, 11) is 0. The smallest absolute Gasteiger partial charge is 0.258 e. The molecule has 0 radical (unpaired) electrons. The monoisotopic (exact) mass is 504 g/mol. The van der Waals surface area contributed by atoms with Crippen molar-refractivity contribution in [3.8, 4) is 0 Å². The summed E-state index contributed by atoms with van der Waals surface area (Å²) in [6.45, 7) is 3.41. The van der Waals surface area contributed by atoms with Gasteiger partial charge in [-0.1, -0.05) is 23.2 Å². The zero-order valence-corrected chi connectivity index (χ0v) is 20.0. The minimum absolute atomic E-state index is 0.00492. The van der Waals surface area contributed by atoms with Gasteiger partial charge < -0.3 is 19.9 Å². The van der Waals surface area contributed by atoms with Crippen molar-refractivity contribution in [3.05, 3.63) is 67.4 Å².